The maximum absolute atomic E-state index is 12.3. The van der Waals surface area contributed by atoms with Crippen LogP contribution in [0.5, 0.6) is 0 Å². The van der Waals surface area contributed by atoms with E-state index in [1.54, 1.807) is 0 Å². The average Bonchev–Trinajstić information content (AvgIpc) is 3.06. The third kappa shape index (κ3) is 7.03. The molecular formula is C34H34N2O4. The summed E-state index contributed by atoms with van der Waals surface area (Å²) in [6, 6.07) is 34.4. The molecule has 0 radical (unpaired) electrons. The van der Waals surface area contributed by atoms with Crippen LogP contribution in [0.15, 0.2) is 109 Å². The SMILES string of the molecule is O=C(c1ccccc1)c1ccc(N2CCOCC2)cc1.O=C(c1ccccc1)c1ccc(N2CCOCC2)cc1. The molecule has 6 heteroatoms. The molecule has 204 valence electrons. The van der Waals surface area contributed by atoms with Gasteiger partial charge in [-0.25, -0.2) is 0 Å². The number of hydrogen-bond donors (Lipinski definition) is 0. The molecule has 0 N–H and O–H groups in total. The van der Waals surface area contributed by atoms with E-state index in [1.165, 1.54) is 0 Å². The summed E-state index contributed by atoms with van der Waals surface area (Å²) in [5, 5.41) is 0. The van der Waals surface area contributed by atoms with Crippen LogP contribution in [-0.2, 0) is 9.47 Å². The van der Waals surface area contributed by atoms with Crippen LogP contribution in [0, 0.1) is 0 Å². The van der Waals surface area contributed by atoms with Gasteiger partial charge in [0, 0.05) is 59.8 Å². The van der Waals surface area contributed by atoms with E-state index in [0.717, 1.165) is 86.2 Å². The molecule has 6 nitrogen and oxygen atoms in total. The molecule has 40 heavy (non-hydrogen) atoms. The molecule has 2 saturated heterocycles. The number of carbonyl (C=O) groups excluding carboxylic acids is 2. The van der Waals surface area contributed by atoms with Crippen molar-refractivity contribution < 1.29 is 19.1 Å². The fourth-order valence-corrected chi connectivity index (χ4v) is 4.80. The van der Waals surface area contributed by atoms with Crippen molar-refractivity contribution in [1.82, 2.24) is 0 Å². The Kier molecular flexibility index (Phi) is 9.35. The number of hydrogen-bond acceptors (Lipinski definition) is 6. The van der Waals surface area contributed by atoms with E-state index in [4.69, 9.17) is 9.47 Å². The zero-order valence-electron chi connectivity index (χ0n) is 22.6. The van der Waals surface area contributed by atoms with E-state index in [1.807, 2.05) is 109 Å². The van der Waals surface area contributed by atoms with Gasteiger partial charge in [0.2, 0.25) is 0 Å². The number of anilines is 2. The first-order valence-electron chi connectivity index (χ1n) is 13.7. The number of ether oxygens (including phenoxy) is 2. The molecule has 0 saturated carbocycles. The van der Waals surface area contributed by atoms with Gasteiger partial charge in [0.05, 0.1) is 26.4 Å². The smallest absolute Gasteiger partial charge is 0.193 e. The molecule has 0 unspecified atom stereocenters. The van der Waals surface area contributed by atoms with Crippen LogP contribution in [0.4, 0.5) is 11.4 Å². The quantitative estimate of drug-likeness (QED) is 0.304. The first-order valence-corrected chi connectivity index (χ1v) is 13.7. The molecule has 0 bridgehead atoms. The van der Waals surface area contributed by atoms with Gasteiger partial charge in [-0.05, 0) is 48.5 Å². The second-order valence-corrected chi connectivity index (χ2v) is 9.68. The lowest BCUT2D eigenvalue weighted by atomic mass is 10.0. The largest absolute Gasteiger partial charge is 0.378 e. The monoisotopic (exact) mass is 534 g/mol. The van der Waals surface area contributed by atoms with Gasteiger partial charge in [-0.3, -0.25) is 9.59 Å². The Morgan fingerprint density at radius 3 is 1.05 bits per heavy atom. The maximum Gasteiger partial charge on any atom is 0.193 e. The van der Waals surface area contributed by atoms with Crippen LogP contribution in [0.25, 0.3) is 0 Å². The summed E-state index contributed by atoms with van der Waals surface area (Å²) in [7, 11) is 0. The Labute approximate surface area is 235 Å². The lowest BCUT2D eigenvalue weighted by Crippen LogP contribution is -2.36. The van der Waals surface area contributed by atoms with Gasteiger partial charge in [-0.2, -0.15) is 0 Å². The Hall–Kier alpha value is -4.26. The predicted octanol–water partition coefficient (Wildman–Crippen LogP) is 5.51. The van der Waals surface area contributed by atoms with Gasteiger partial charge in [0.15, 0.2) is 11.6 Å². The van der Waals surface area contributed by atoms with E-state index in [2.05, 4.69) is 9.80 Å². The number of benzene rings is 4. The summed E-state index contributed by atoms with van der Waals surface area (Å²) in [5.74, 6) is 0.137. The van der Waals surface area contributed by atoms with Crippen molar-refractivity contribution in [2.75, 3.05) is 62.4 Å². The molecule has 0 aliphatic carbocycles. The normalized spacial score (nSPS) is 15.1. The summed E-state index contributed by atoms with van der Waals surface area (Å²) >= 11 is 0. The third-order valence-electron chi connectivity index (χ3n) is 7.08. The van der Waals surface area contributed by atoms with Gasteiger partial charge in [0.1, 0.15) is 0 Å². The lowest BCUT2D eigenvalue weighted by molar-refractivity contribution is 0.103. The highest BCUT2D eigenvalue weighted by Crippen LogP contribution is 2.20. The fraction of sp³-hybridized carbons (Fsp3) is 0.235. The molecule has 0 atom stereocenters. The van der Waals surface area contributed by atoms with Crippen molar-refractivity contribution >= 4 is 22.9 Å². The lowest BCUT2D eigenvalue weighted by Gasteiger charge is -2.28. The van der Waals surface area contributed by atoms with Crippen molar-refractivity contribution in [2.24, 2.45) is 0 Å². The first kappa shape index (κ1) is 27.3. The van der Waals surface area contributed by atoms with E-state index in [9.17, 15) is 9.59 Å². The summed E-state index contributed by atoms with van der Waals surface area (Å²) in [4.78, 5) is 29.2. The summed E-state index contributed by atoms with van der Waals surface area (Å²) in [6.07, 6.45) is 0. The van der Waals surface area contributed by atoms with Crippen LogP contribution in [0.1, 0.15) is 31.8 Å². The molecule has 4 aromatic rings. The van der Waals surface area contributed by atoms with Crippen molar-refractivity contribution in [1.29, 1.82) is 0 Å². The Balaban J connectivity index is 0.000000161. The average molecular weight is 535 g/mol. The molecule has 4 aromatic carbocycles. The Bertz CT molecular complexity index is 1250. The molecule has 0 aromatic heterocycles. The summed E-state index contributed by atoms with van der Waals surface area (Å²) in [5.41, 5.74) is 5.22. The summed E-state index contributed by atoms with van der Waals surface area (Å²) in [6.45, 7) is 6.71. The van der Waals surface area contributed by atoms with E-state index in [-0.39, 0.29) is 11.6 Å². The number of nitrogens with zero attached hydrogens (tertiary/aromatic N) is 2. The second-order valence-electron chi connectivity index (χ2n) is 9.68. The Morgan fingerprint density at radius 1 is 0.425 bits per heavy atom. The molecule has 2 heterocycles. The fourth-order valence-electron chi connectivity index (χ4n) is 4.80. The van der Waals surface area contributed by atoms with Crippen molar-refractivity contribution in [3.8, 4) is 0 Å². The van der Waals surface area contributed by atoms with Crippen LogP contribution >= 0.6 is 0 Å². The summed E-state index contributed by atoms with van der Waals surface area (Å²) < 4.78 is 10.7. The standard InChI is InChI=1S/2C17H17NO2/c2*19-17(14-4-2-1-3-5-14)15-6-8-16(9-7-15)18-10-12-20-13-11-18/h2*1-9H,10-13H2. The number of rotatable bonds is 6. The number of carbonyl (C=O) groups is 2. The van der Waals surface area contributed by atoms with Gasteiger partial charge in [0.25, 0.3) is 0 Å². The topological polar surface area (TPSA) is 59.1 Å². The zero-order valence-corrected chi connectivity index (χ0v) is 22.6. The number of ketones is 2. The maximum atomic E-state index is 12.3. The first-order chi connectivity index (χ1) is 19.7. The minimum absolute atomic E-state index is 0.0686. The van der Waals surface area contributed by atoms with Crippen molar-refractivity contribution in [3.05, 3.63) is 131 Å². The highest BCUT2D eigenvalue weighted by Gasteiger charge is 2.14. The van der Waals surface area contributed by atoms with Crippen molar-refractivity contribution in [3.63, 3.8) is 0 Å². The molecule has 2 aliphatic rings. The number of morpholine rings is 2. The minimum Gasteiger partial charge on any atom is -0.378 e. The van der Waals surface area contributed by atoms with Crippen LogP contribution in [-0.4, -0.2) is 64.2 Å². The minimum atomic E-state index is 0.0686. The Morgan fingerprint density at radius 2 is 0.725 bits per heavy atom. The van der Waals surface area contributed by atoms with Gasteiger partial charge >= 0.3 is 0 Å². The molecule has 2 fully saturated rings. The van der Waals surface area contributed by atoms with Gasteiger partial charge < -0.3 is 19.3 Å². The second kappa shape index (κ2) is 13.7. The highest BCUT2D eigenvalue weighted by molar-refractivity contribution is 6.09. The van der Waals surface area contributed by atoms with Crippen LogP contribution < -0.4 is 9.80 Å². The zero-order chi connectivity index (χ0) is 27.6. The molecule has 2 aliphatic heterocycles. The molecule has 0 spiro atoms. The molecular weight excluding hydrogens is 500 g/mol. The molecule has 6 rings (SSSR count). The van der Waals surface area contributed by atoms with E-state index < -0.39 is 0 Å². The van der Waals surface area contributed by atoms with Crippen LogP contribution in [0.2, 0.25) is 0 Å². The van der Waals surface area contributed by atoms with E-state index >= 15 is 0 Å². The highest BCUT2D eigenvalue weighted by atomic mass is 16.5. The molecule has 0 amide bonds. The predicted molar refractivity (Wildman–Crippen MR) is 159 cm³/mol. The third-order valence-corrected chi connectivity index (χ3v) is 7.08. The van der Waals surface area contributed by atoms with E-state index in [0.29, 0.717) is 0 Å². The van der Waals surface area contributed by atoms with Crippen LogP contribution in [0.3, 0.4) is 0 Å². The van der Waals surface area contributed by atoms with Gasteiger partial charge in [-0.15, -0.1) is 0 Å². The van der Waals surface area contributed by atoms with Gasteiger partial charge in [-0.1, -0.05) is 60.7 Å². The van der Waals surface area contributed by atoms with Crippen molar-refractivity contribution in [2.45, 2.75) is 0 Å².